The molecule has 144 valence electrons. The van der Waals surface area contributed by atoms with Gasteiger partial charge in [-0.2, -0.15) is 0 Å². The van der Waals surface area contributed by atoms with Gasteiger partial charge in [-0.15, -0.1) is 0 Å². The second kappa shape index (κ2) is 9.78. The van der Waals surface area contributed by atoms with Gasteiger partial charge >= 0.3 is 0 Å². The number of methoxy groups -OCH3 is 2. The smallest absolute Gasteiger partial charge is 0.269 e. The van der Waals surface area contributed by atoms with E-state index in [1.807, 2.05) is 6.92 Å². The van der Waals surface area contributed by atoms with Crippen LogP contribution in [0.4, 0.5) is 5.69 Å². The number of rotatable bonds is 8. The minimum Gasteiger partial charge on any atom is -0.495 e. The number of nitrogens with one attached hydrogen (secondary N) is 2. The van der Waals surface area contributed by atoms with Crippen LogP contribution >= 0.6 is 11.6 Å². The molecule has 2 rings (SSSR count). The highest BCUT2D eigenvalue weighted by molar-refractivity contribution is 6.32. The first kappa shape index (κ1) is 20.5. The lowest BCUT2D eigenvalue weighted by Gasteiger charge is -2.13. The third-order valence-electron chi connectivity index (χ3n) is 3.79. The number of benzene rings is 1. The van der Waals surface area contributed by atoms with Crippen LogP contribution in [0.25, 0.3) is 0 Å². The number of nitrogens with zero attached hydrogens (tertiary/aromatic N) is 1. The molecule has 0 radical (unpaired) electrons. The maximum atomic E-state index is 12.6. The van der Waals surface area contributed by atoms with Gasteiger partial charge in [-0.1, -0.05) is 24.9 Å². The molecule has 0 aliphatic rings. The van der Waals surface area contributed by atoms with Crippen molar-refractivity contribution in [2.24, 2.45) is 0 Å². The monoisotopic (exact) mass is 391 g/mol. The number of hydrogen-bond donors (Lipinski definition) is 2. The quantitative estimate of drug-likeness (QED) is 0.672. The van der Waals surface area contributed by atoms with Crippen LogP contribution in [0, 0.1) is 0 Å². The highest BCUT2D eigenvalue weighted by atomic mass is 35.5. The molecule has 0 unspecified atom stereocenters. The van der Waals surface area contributed by atoms with Crippen LogP contribution in [0.1, 0.15) is 40.6 Å². The molecule has 1 heterocycles. The van der Waals surface area contributed by atoms with Crippen molar-refractivity contribution < 1.29 is 19.1 Å². The number of carbonyl (C=O) groups is 2. The number of amides is 2. The Balaban J connectivity index is 2.19. The molecule has 0 saturated carbocycles. The summed E-state index contributed by atoms with van der Waals surface area (Å²) < 4.78 is 10.4. The molecule has 0 aliphatic heterocycles. The molecule has 0 aliphatic carbocycles. The Kier molecular flexibility index (Phi) is 7.43. The van der Waals surface area contributed by atoms with Gasteiger partial charge in [-0.25, -0.2) is 0 Å². The van der Waals surface area contributed by atoms with Crippen LogP contribution in [-0.2, 0) is 0 Å². The summed E-state index contributed by atoms with van der Waals surface area (Å²) >= 11 is 6.07. The lowest BCUT2D eigenvalue weighted by Crippen LogP contribution is -2.25. The second-order valence-electron chi connectivity index (χ2n) is 5.68. The number of unbranched alkanes of at least 4 members (excludes halogenated alkanes) is 1. The molecule has 1 aromatic carbocycles. The average molecular weight is 392 g/mol. The van der Waals surface area contributed by atoms with E-state index >= 15 is 0 Å². The van der Waals surface area contributed by atoms with Crippen molar-refractivity contribution in [1.82, 2.24) is 10.3 Å². The van der Waals surface area contributed by atoms with Crippen LogP contribution in [0.3, 0.4) is 0 Å². The number of pyridine rings is 1. The molecule has 0 spiro atoms. The van der Waals surface area contributed by atoms with Crippen molar-refractivity contribution in [1.29, 1.82) is 0 Å². The van der Waals surface area contributed by atoms with E-state index in [0.717, 1.165) is 12.8 Å². The summed E-state index contributed by atoms with van der Waals surface area (Å²) in [5, 5.41) is 5.87. The predicted octanol–water partition coefficient (Wildman–Crippen LogP) is 3.53. The highest BCUT2D eigenvalue weighted by Crippen LogP contribution is 2.36. The van der Waals surface area contributed by atoms with Crippen molar-refractivity contribution in [3.63, 3.8) is 0 Å². The summed E-state index contributed by atoms with van der Waals surface area (Å²) in [4.78, 5) is 28.7. The van der Waals surface area contributed by atoms with Crippen LogP contribution in [0.5, 0.6) is 11.5 Å². The van der Waals surface area contributed by atoms with E-state index in [0.29, 0.717) is 34.3 Å². The summed E-state index contributed by atoms with van der Waals surface area (Å²) in [6, 6.07) is 6.09. The van der Waals surface area contributed by atoms with E-state index in [4.69, 9.17) is 21.1 Å². The van der Waals surface area contributed by atoms with E-state index in [2.05, 4.69) is 15.6 Å². The van der Waals surface area contributed by atoms with Crippen LogP contribution in [0.15, 0.2) is 30.5 Å². The average Bonchev–Trinajstić information content (AvgIpc) is 2.69. The van der Waals surface area contributed by atoms with Gasteiger partial charge in [0.2, 0.25) is 0 Å². The zero-order chi connectivity index (χ0) is 19.8. The van der Waals surface area contributed by atoms with E-state index in [1.165, 1.54) is 32.5 Å². The first-order valence-electron chi connectivity index (χ1n) is 8.47. The summed E-state index contributed by atoms with van der Waals surface area (Å²) in [6.07, 6.45) is 3.27. The van der Waals surface area contributed by atoms with E-state index in [9.17, 15) is 9.59 Å². The van der Waals surface area contributed by atoms with Crippen LogP contribution < -0.4 is 20.1 Å². The number of aromatic nitrogens is 1. The molecule has 0 bridgehead atoms. The zero-order valence-electron chi connectivity index (χ0n) is 15.5. The zero-order valence-corrected chi connectivity index (χ0v) is 16.2. The molecule has 7 nitrogen and oxygen atoms in total. The number of anilines is 1. The molecule has 1 aromatic heterocycles. The summed E-state index contributed by atoms with van der Waals surface area (Å²) in [7, 11) is 2.95. The Labute approximate surface area is 163 Å². The topological polar surface area (TPSA) is 89.6 Å². The molecule has 0 atom stereocenters. The Morgan fingerprint density at radius 2 is 1.85 bits per heavy atom. The van der Waals surface area contributed by atoms with E-state index in [-0.39, 0.29) is 11.6 Å². The summed E-state index contributed by atoms with van der Waals surface area (Å²) in [5.41, 5.74) is 0.871. The van der Waals surface area contributed by atoms with Gasteiger partial charge in [-0.3, -0.25) is 14.6 Å². The maximum absolute atomic E-state index is 12.6. The molecule has 27 heavy (non-hydrogen) atoms. The van der Waals surface area contributed by atoms with Crippen molar-refractivity contribution in [2.75, 3.05) is 26.1 Å². The number of halogens is 1. The molecule has 0 saturated heterocycles. The third kappa shape index (κ3) is 5.34. The first-order chi connectivity index (χ1) is 13.0. The van der Waals surface area contributed by atoms with Gasteiger partial charge in [0.15, 0.2) is 0 Å². The largest absolute Gasteiger partial charge is 0.495 e. The molecule has 0 fully saturated rings. The number of hydrogen-bond acceptors (Lipinski definition) is 5. The van der Waals surface area contributed by atoms with Crippen LogP contribution in [0.2, 0.25) is 5.02 Å². The van der Waals surface area contributed by atoms with Gasteiger partial charge in [0, 0.05) is 30.4 Å². The van der Waals surface area contributed by atoms with Gasteiger partial charge in [0.1, 0.15) is 17.2 Å². The highest BCUT2D eigenvalue weighted by Gasteiger charge is 2.15. The number of ether oxygens (including phenoxy) is 2. The van der Waals surface area contributed by atoms with Crippen molar-refractivity contribution in [3.05, 3.63) is 46.7 Å². The second-order valence-corrected chi connectivity index (χ2v) is 6.09. The summed E-state index contributed by atoms with van der Waals surface area (Å²) in [6.45, 7) is 2.60. The fraction of sp³-hybridized carbons (Fsp3) is 0.316. The van der Waals surface area contributed by atoms with Crippen LogP contribution in [-0.4, -0.2) is 37.6 Å². The predicted molar refractivity (Wildman–Crippen MR) is 104 cm³/mol. The van der Waals surface area contributed by atoms with Crippen molar-refractivity contribution >= 4 is 29.1 Å². The van der Waals surface area contributed by atoms with Crippen molar-refractivity contribution in [3.8, 4) is 11.5 Å². The van der Waals surface area contributed by atoms with Gasteiger partial charge in [0.25, 0.3) is 11.8 Å². The minimum atomic E-state index is -0.414. The molecule has 8 heteroatoms. The van der Waals surface area contributed by atoms with Gasteiger partial charge < -0.3 is 20.1 Å². The Bertz CT molecular complexity index is 827. The third-order valence-corrected chi connectivity index (χ3v) is 4.09. The van der Waals surface area contributed by atoms with Gasteiger partial charge in [0.05, 0.1) is 24.9 Å². The lowest BCUT2D eigenvalue weighted by molar-refractivity contribution is 0.0948. The van der Waals surface area contributed by atoms with E-state index in [1.54, 1.807) is 12.1 Å². The lowest BCUT2D eigenvalue weighted by atomic mass is 10.2. The first-order valence-corrected chi connectivity index (χ1v) is 8.85. The van der Waals surface area contributed by atoms with E-state index < -0.39 is 5.91 Å². The molecular formula is C19H22ClN3O4. The molecule has 2 N–H and O–H groups in total. The standard InChI is InChI=1S/C19H22ClN3O4/c1-4-5-7-22-19(25)15-9-12(6-8-21-15)18(24)23-14-11-16(26-2)13(20)10-17(14)27-3/h6,8-11H,4-5,7H2,1-3H3,(H,22,25)(H,23,24). The number of carbonyl (C=O) groups excluding carboxylic acids is 2. The summed E-state index contributed by atoms with van der Waals surface area (Å²) in [5.74, 6) is 0.0609. The fourth-order valence-corrected chi connectivity index (χ4v) is 2.55. The Morgan fingerprint density at radius 3 is 2.52 bits per heavy atom. The minimum absolute atomic E-state index is 0.180. The molecular weight excluding hydrogens is 370 g/mol. The molecule has 2 amide bonds. The fourth-order valence-electron chi connectivity index (χ4n) is 2.32. The normalized spacial score (nSPS) is 10.2. The van der Waals surface area contributed by atoms with Gasteiger partial charge in [-0.05, 0) is 18.6 Å². The molecule has 2 aromatic rings. The Morgan fingerprint density at radius 1 is 1.11 bits per heavy atom. The van der Waals surface area contributed by atoms with Crippen molar-refractivity contribution in [2.45, 2.75) is 19.8 Å². The Hall–Kier alpha value is -2.80. The SMILES string of the molecule is CCCCNC(=O)c1cc(C(=O)Nc2cc(OC)c(Cl)cc2OC)ccn1. The maximum Gasteiger partial charge on any atom is 0.269 e.